The van der Waals surface area contributed by atoms with Crippen molar-refractivity contribution < 1.29 is 27.7 Å². The molecule has 205 valence electrons. The van der Waals surface area contributed by atoms with Crippen LogP contribution in [-0.2, 0) is 15.4 Å². The molecule has 1 aromatic heterocycles. The Hall–Kier alpha value is -2.51. The van der Waals surface area contributed by atoms with Crippen molar-refractivity contribution in [2.45, 2.75) is 31.1 Å². The van der Waals surface area contributed by atoms with E-state index < -0.39 is 10.0 Å². The molecule has 4 aromatic rings. The third kappa shape index (κ3) is 7.82. The molecule has 0 atom stereocenters. The van der Waals surface area contributed by atoms with Crippen LogP contribution in [0.2, 0.25) is 0 Å². The molecule has 11 heteroatoms. The van der Waals surface area contributed by atoms with Gasteiger partial charge in [0.15, 0.2) is 23.1 Å². The van der Waals surface area contributed by atoms with E-state index in [1.165, 1.54) is 7.11 Å². The van der Waals surface area contributed by atoms with Gasteiger partial charge in [-0.3, -0.25) is 4.72 Å². The number of nitrogens with zero attached hydrogens (tertiary/aromatic N) is 2. The van der Waals surface area contributed by atoms with E-state index >= 15 is 0 Å². The second-order valence-corrected chi connectivity index (χ2v) is 11.3. The van der Waals surface area contributed by atoms with Crippen LogP contribution in [0.5, 0.6) is 23.1 Å². The Morgan fingerprint density at radius 2 is 1.50 bits per heavy atom. The zero-order valence-electron chi connectivity index (χ0n) is 23.2. The number of aromatic nitrogens is 2. The molecule has 4 rings (SSSR count). The number of nitrogens with one attached hydrogen (secondary N) is 1. The molecule has 2 N–H and O–H groups in total. The van der Waals surface area contributed by atoms with Crippen molar-refractivity contribution in [1.82, 2.24) is 9.97 Å². The predicted octanol–water partition coefficient (Wildman–Crippen LogP) is 5.03. The molecule has 0 saturated heterocycles. The summed E-state index contributed by atoms with van der Waals surface area (Å²) in [5, 5.41) is 9.42. The first-order valence-electron chi connectivity index (χ1n) is 12.3. The second kappa shape index (κ2) is 13.9. The maximum absolute atomic E-state index is 13.5. The third-order valence-corrected chi connectivity index (χ3v) is 7.09. The van der Waals surface area contributed by atoms with Gasteiger partial charge in [-0.15, -0.1) is 0 Å². The number of benzene rings is 3. The van der Waals surface area contributed by atoms with E-state index in [9.17, 15) is 13.5 Å². The van der Waals surface area contributed by atoms with Crippen LogP contribution in [0.3, 0.4) is 0 Å². The second-order valence-electron chi connectivity index (χ2n) is 9.60. The summed E-state index contributed by atoms with van der Waals surface area (Å²) in [4.78, 5) is 9.06. The first kappa shape index (κ1) is 32.0. The van der Waals surface area contributed by atoms with Crippen LogP contribution in [0.4, 0.5) is 5.82 Å². The summed E-state index contributed by atoms with van der Waals surface area (Å²) in [5.41, 5.74) is 1.49. The smallest absolute Gasteiger partial charge is 0.263 e. The number of methoxy groups -OCH3 is 1. The number of aliphatic hydroxyl groups is 1. The Balaban J connectivity index is 0.00000441. The molecule has 0 saturated carbocycles. The molecular formula is C29H31KN3O6S. The van der Waals surface area contributed by atoms with Gasteiger partial charge < -0.3 is 19.3 Å². The van der Waals surface area contributed by atoms with Crippen molar-refractivity contribution in [2.75, 3.05) is 25.0 Å². The zero-order valence-corrected chi connectivity index (χ0v) is 27.2. The van der Waals surface area contributed by atoms with Gasteiger partial charge in [0.05, 0.1) is 18.6 Å². The van der Waals surface area contributed by atoms with Crippen molar-refractivity contribution in [2.24, 2.45) is 0 Å². The average molecular weight is 589 g/mol. The molecule has 0 aliphatic carbocycles. The van der Waals surface area contributed by atoms with Gasteiger partial charge in [0, 0.05) is 56.9 Å². The summed E-state index contributed by atoms with van der Waals surface area (Å²) in [5.74, 6) is 0.635. The van der Waals surface area contributed by atoms with Gasteiger partial charge in [0.1, 0.15) is 6.61 Å². The molecule has 1 radical (unpaired) electrons. The standard InChI is InChI=1S/C29H31N3O6S.K/c1-29(2,3)21-14-16-22(17-15-21)39(34,35)32-27-25(38-24-13-9-8-12-23(24)36-4)28(37-19-18-33)31-26(30-27)20-10-6-5-7-11-20;/h5-17,33H,18-19H2,1-4H3,(H,30,31,32);. The van der Waals surface area contributed by atoms with Crippen molar-refractivity contribution in [3.05, 3.63) is 84.4 Å². The Morgan fingerprint density at radius 3 is 2.10 bits per heavy atom. The third-order valence-electron chi connectivity index (χ3n) is 5.74. The molecule has 3 aromatic carbocycles. The topological polar surface area (TPSA) is 120 Å². The van der Waals surface area contributed by atoms with E-state index in [4.69, 9.17) is 14.2 Å². The summed E-state index contributed by atoms with van der Waals surface area (Å²) in [6.07, 6.45) is 0. The maximum atomic E-state index is 13.5. The summed E-state index contributed by atoms with van der Waals surface area (Å²) in [6.45, 7) is 5.76. The summed E-state index contributed by atoms with van der Waals surface area (Å²) >= 11 is 0. The van der Waals surface area contributed by atoms with Gasteiger partial charge in [-0.2, -0.15) is 4.98 Å². The number of sulfonamides is 1. The molecule has 0 bridgehead atoms. The number of para-hydroxylation sites is 2. The van der Waals surface area contributed by atoms with Gasteiger partial charge in [-0.1, -0.05) is 75.4 Å². The average Bonchev–Trinajstić information content (AvgIpc) is 2.93. The van der Waals surface area contributed by atoms with Crippen LogP contribution < -0.4 is 18.9 Å². The van der Waals surface area contributed by atoms with E-state index in [0.717, 1.165) is 5.56 Å². The molecule has 9 nitrogen and oxygen atoms in total. The quantitative estimate of drug-likeness (QED) is 0.248. The first-order valence-corrected chi connectivity index (χ1v) is 13.8. The number of hydrogen-bond acceptors (Lipinski definition) is 8. The fourth-order valence-electron chi connectivity index (χ4n) is 3.68. The van der Waals surface area contributed by atoms with Crippen LogP contribution in [0.25, 0.3) is 11.4 Å². The minimum Gasteiger partial charge on any atom is -0.493 e. The van der Waals surface area contributed by atoms with Gasteiger partial charge in [-0.25, -0.2) is 13.4 Å². The van der Waals surface area contributed by atoms with E-state index in [1.54, 1.807) is 60.7 Å². The van der Waals surface area contributed by atoms with Crippen LogP contribution in [0, 0.1) is 0 Å². The van der Waals surface area contributed by atoms with Crippen molar-refractivity contribution >= 4 is 67.2 Å². The number of ether oxygens (including phenoxy) is 3. The van der Waals surface area contributed by atoms with Crippen LogP contribution >= 0.6 is 0 Å². The maximum Gasteiger partial charge on any atom is 0.263 e. The number of aliphatic hydroxyl groups excluding tert-OH is 1. The largest absolute Gasteiger partial charge is 0.493 e. The molecule has 0 fully saturated rings. The monoisotopic (exact) mass is 588 g/mol. The van der Waals surface area contributed by atoms with Gasteiger partial charge in [0.25, 0.3) is 15.9 Å². The Bertz CT molecular complexity index is 1530. The van der Waals surface area contributed by atoms with Gasteiger partial charge >= 0.3 is 0 Å². The van der Waals surface area contributed by atoms with Crippen molar-refractivity contribution in [3.8, 4) is 34.5 Å². The molecule has 1 heterocycles. The minimum atomic E-state index is -4.10. The molecule has 0 unspecified atom stereocenters. The van der Waals surface area contributed by atoms with Crippen molar-refractivity contribution in [1.29, 1.82) is 0 Å². The fraction of sp³-hybridized carbons (Fsp3) is 0.241. The summed E-state index contributed by atoms with van der Waals surface area (Å²) in [7, 11) is -2.61. The summed E-state index contributed by atoms with van der Waals surface area (Å²) < 4.78 is 46.8. The van der Waals surface area contributed by atoms with E-state index in [2.05, 4.69) is 35.5 Å². The number of rotatable bonds is 10. The van der Waals surface area contributed by atoms with Crippen LogP contribution in [0.1, 0.15) is 26.3 Å². The van der Waals surface area contributed by atoms with E-state index in [1.807, 2.05) is 18.2 Å². The fourth-order valence-corrected chi connectivity index (χ4v) is 4.69. The number of hydrogen-bond donors (Lipinski definition) is 2. The van der Waals surface area contributed by atoms with Gasteiger partial charge in [0.2, 0.25) is 5.75 Å². The first-order chi connectivity index (χ1) is 18.6. The SMILES string of the molecule is COc1ccccc1Oc1c(NS(=O)(=O)c2ccc(C(C)(C)C)cc2)nc(-c2ccccc2)nc1OCCO.[K]. The Kier molecular flexibility index (Phi) is 11.1. The van der Waals surface area contributed by atoms with Gasteiger partial charge in [-0.05, 0) is 35.2 Å². The molecule has 0 aliphatic heterocycles. The molecular weight excluding hydrogens is 557 g/mol. The predicted molar refractivity (Wildman–Crippen MR) is 155 cm³/mol. The molecule has 40 heavy (non-hydrogen) atoms. The Labute approximate surface area is 277 Å². The molecule has 0 amide bonds. The summed E-state index contributed by atoms with van der Waals surface area (Å²) in [6, 6.07) is 22.6. The minimum absolute atomic E-state index is 0. The number of anilines is 1. The van der Waals surface area contributed by atoms with Crippen LogP contribution in [-0.4, -0.2) is 95.2 Å². The molecule has 0 spiro atoms. The molecule has 0 aliphatic rings. The Morgan fingerprint density at radius 1 is 0.875 bits per heavy atom. The van der Waals surface area contributed by atoms with E-state index in [0.29, 0.717) is 17.1 Å². The van der Waals surface area contributed by atoms with E-state index in [-0.39, 0.29) is 98.2 Å². The van der Waals surface area contributed by atoms with Crippen LogP contribution in [0.15, 0.2) is 83.8 Å². The van der Waals surface area contributed by atoms with Crippen molar-refractivity contribution in [3.63, 3.8) is 0 Å². The zero-order chi connectivity index (χ0) is 28.0. The normalized spacial score (nSPS) is 11.3.